The molecular weight excluding hydrogens is 368 g/mol. The summed E-state index contributed by atoms with van der Waals surface area (Å²) in [6.07, 6.45) is 0. The summed E-state index contributed by atoms with van der Waals surface area (Å²) in [5, 5.41) is 22.1. The molecule has 3 aromatic carbocycles. The van der Waals surface area contributed by atoms with Crippen LogP contribution in [0.5, 0.6) is 11.5 Å². The Kier molecular flexibility index (Phi) is 5.49. The van der Waals surface area contributed by atoms with Gasteiger partial charge in [-0.05, 0) is 65.1 Å². The molecule has 0 aliphatic rings. The van der Waals surface area contributed by atoms with E-state index in [4.69, 9.17) is 0 Å². The smallest absolute Gasteiger partial charge is 0.127 e. The molecule has 0 unspecified atom stereocenters. The zero-order chi connectivity index (χ0) is 22.4. The average molecular weight is 403 g/mol. The fourth-order valence-corrected chi connectivity index (χ4v) is 4.00. The molecule has 3 rings (SSSR count). The van der Waals surface area contributed by atoms with E-state index in [0.717, 1.165) is 44.5 Å². The molecule has 2 heteroatoms. The molecule has 0 radical (unpaired) electrons. The molecule has 0 aliphatic heterocycles. The van der Waals surface area contributed by atoms with Gasteiger partial charge in [-0.2, -0.15) is 0 Å². The Morgan fingerprint density at radius 3 is 1.27 bits per heavy atom. The molecule has 0 spiro atoms. The van der Waals surface area contributed by atoms with Gasteiger partial charge >= 0.3 is 0 Å². The highest BCUT2D eigenvalue weighted by Crippen LogP contribution is 2.43. The van der Waals surface area contributed by atoms with Crippen molar-refractivity contribution in [1.82, 2.24) is 0 Å². The minimum absolute atomic E-state index is 0.154. The van der Waals surface area contributed by atoms with Gasteiger partial charge in [0.2, 0.25) is 0 Å². The molecule has 2 N–H and O–H groups in total. The third-order valence-electron chi connectivity index (χ3n) is 5.61. The van der Waals surface area contributed by atoms with Gasteiger partial charge in [-0.3, -0.25) is 0 Å². The second kappa shape index (κ2) is 7.50. The third-order valence-corrected chi connectivity index (χ3v) is 5.61. The van der Waals surface area contributed by atoms with Crippen molar-refractivity contribution in [2.24, 2.45) is 0 Å². The van der Waals surface area contributed by atoms with Crippen molar-refractivity contribution < 1.29 is 10.2 Å². The minimum Gasteiger partial charge on any atom is -0.507 e. The molecular formula is C28H34O2. The van der Waals surface area contributed by atoms with Gasteiger partial charge in [0.05, 0.1) is 0 Å². The lowest BCUT2D eigenvalue weighted by atomic mass is 9.82. The number of hydrogen-bond acceptors (Lipinski definition) is 2. The second-order valence-electron chi connectivity index (χ2n) is 10.5. The van der Waals surface area contributed by atoms with Gasteiger partial charge in [-0.1, -0.05) is 71.9 Å². The van der Waals surface area contributed by atoms with Crippen molar-refractivity contribution in [3.05, 3.63) is 70.8 Å². The van der Waals surface area contributed by atoms with Gasteiger partial charge in [-0.15, -0.1) is 0 Å². The van der Waals surface area contributed by atoms with Gasteiger partial charge in [0.1, 0.15) is 11.5 Å². The van der Waals surface area contributed by atoms with E-state index in [0.29, 0.717) is 11.5 Å². The summed E-state index contributed by atoms with van der Waals surface area (Å²) in [6, 6.07) is 16.3. The van der Waals surface area contributed by atoms with Crippen molar-refractivity contribution in [3.8, 4) is 33.8 Å². The van der Waals surface area contributed by atoms with Crippen LogP contribution < -0.4 is 0 Å². The molecule has 0 amide bonds. The number of benzene rings is 3. The van der Waals surface area contributed by atoms with Crippen LogP contribution >= 0.6 is 0 Å². The zero-order valence-corrected chi connectivity index (χ0v) is 19.5. The van der Waals surface area contributed by atoms with Crippen molar-refractivity contribution >= 4 is 0 Å². The van der Waals surface area contributed by atoms with E-state index in [9.17, 15) is 10.2 Å². The van der Waals surface area contributed by atoms with Gasteiger partial charge in [0.15, 0.2) is 0 Å². The van der Waals surface area contributed by atoms with Crippen molar-refractivity contribution in [2.75, 3.05) is 0 Å². The normalized spacial score (nSPS) is 12.3. The quantitative estimate of drug-likeness (QED) is 0.462. The molecule has 0 bridgehead atoms. The predicted molar refractivity (Wildman–Crippen MR) is 128 cm³/mol. The summed E-state index contributed by atoms with van der Waals surface area (Å²) in [7, 11) is 0. The van der Waals surface area contributed by atoms with Gasteiger partial charge in [-0.25, -0.2) is 0 Å². The maximum Gasteiger partial charge on any atom is 0.127 e. The first-order chi connectivity index (χ1) is 13.8. The summed E-state index contributed by atoms with van der Waals surface area (Å²) in [5.74, 6) is 0.656. The lowest BCUT2D eigenvalue weighted by molar-refractivity contribution is 0.448. The van der Waals surface area contributed by atoms with Gasteiger partial charge < -0.3 is 10.2 Å². The minimum atomic E-state index is -0.154. The Hall–Kier alpha value is -2.74. The average Bonchev–Trinajstić information content (AvgIpc) is 2.63. The maximum absolute atomic E-state index is 11.1. The van der Waals surface area contributed by atoms with E-state index in [1.807, 2.05) is 30.3 Å². The Balaban J connectivity index is 2.21. The molecule has 0 aliphatic carbocycles. The molecule has 0 fully saturated rings. The van der Waals surface area contributed by atoms with Crippen LogP contribution in [0.1, 0.15) is 63.8 Å². The Morgan fingerprint density at radius 2 is 0.933 bits per heavy atom. The standard InChI is InChI=1S/C28H34O2/c1-17-12-21(25(29)23(14-17)27(3,4)5)19-10-9-11-20(16-19)22-13-18(2)15-24(26(22)30)28(6,7)8/h9-16,29-30H,1-8H3. The molecule has 2 nitrogen and oxygen atoms in total. The van der Waals surface area contributed by atoms with Crippen LogP contribution in [0.15, 0.2) is 48.5 Å². The molecule has 3 aromatic rings. The van der Waals surface area contributed by atoms with Crippen molar-refractivity contribution in [3.63, 3.8) is 0 Å². The van der Waals surface area contributed by atoms with E-state index in [2.05, 4.69) is 73.6 Å². The molecule has 30 heavy (non-hydrogen) atoms. The van der Waals surface area contributed by atoms with Crippen LogP contribution in [0.4, 0.5) is 0 Å². The van der Waals surface area contributed by atoms with E-state index in [1.165, 1.54) is 0 Å². The van der Waals surface area contributed by atoms with Gasteiger partial charge in [0, 0.05) is 22.3 Å². The molecule has 158 valence electrons. The highest BCUT2D eigenvalue weighted by Gasteiger charge is 2.23. The lowest BCUT2D eigenvalue weighted by Crippen LogP contribution is -2.12. The Labute approximate surface area is 181 Å². The van der Waals surface area contributed by atoms with Crippen molar-refractivity contribution in [2.45, 2.75) is 66.2 Å². The number of hydrogen-bond donors (Lipinski definition) is 2. The summed E-state index contributed by atoms with van der Waals surface area (Å²) in [4.78, 5) is 0. The molecule has 0 atom stereocenters. The van der Waals surface area contributed by atoms with E-state index in [-0.39, 0.29) is 10.8 Å². The Bertz CT molecular complexity index is 1010. The first kappa shape index (κ1) is 22.0. The highest BCUT2D eigenvalue weighted by atomic mass is 16.3. The maximum atomic E-state index is 11.1. The topological polar surface area (TPSA) is 40.5 Å². The van der Waals surface area contributed by atoms with E-state index >= 15 is 0 Å². The largest absolute Gasteiger partial charge is 0.507 e. The van der Waals surface area contributed by atoms with Crippen LogP contribution in [-0.2, 0) is 10.8 Å². The van der Waals surface area contributed by atoms with Crippen LogP contribution in [0.2, 0.25) is 0 Å². The van der Waals surface area contributed by atoms with Gasteiger partial charge in [0.25, 0.3) is 0 Å². The highest BCUT2D eigenvalue weighted by molar-refractivity contribution is 5.80. The zero-order valence-electron chi connectivity index (χ0n) is 19.5. The van der Waals surface area contributed by atoms with Crippen molar-refractivity contribution in [1.29, 1.82) is 0 Å². The van der Waals surface area contributed by atoms with E-state index in [1.54, 1.807) is 0 Å². The SMILES string of the molecule is Cc1cc(-c2cccc(-c3cc(C)cc(C(C)(C)C)c3O)c2)c(O)c(C(C)(C)C)c1. The van der Waals surface area contributed by atoms with Crippen LogP contribution in [0, 0.1) is 13.8 Å². The van der Waals surface area contributed by atoms with Crippen LogP contribution in [0.25, 0.3) is 22.3 Å². The number of aryl methyl sites for hydroxylation is 2. The first-order valence-electron chi connectivity index (χ1n) is 10.6. The molecule has 0 saturated heterocycles. The van der Waals surface area contributed by atoms with Crippen LogP contribution in [0.3, 0.4) is 0 Å². The van der Waals surface area contributed by atoms with E-state index < -0.39 is 0 Å². The predicted octanol–water partition coefficient (Wildman–Crippen LogP) is 7.64. The second-order valence-corrected chi connectivity index (χ2v) is 10.5. The number of phenolic OH excluding ortho intramolecular Hbond substituents is 2. The summed E-state index contributed by atoms with van der Waals surface area (Å²) < 4.78 is 0. The molecule has 0 heterocycles. The summed E-state index contributed by atoms with van der Waals surface area (Å²) >= 11 is 0. The third kappa shape index (κ3) is 4.23. The number of aromatic hydroxyl groups is 2. The molecule has 0 saturated carbocycles. The summed E-state index contributed by atoms with van der Waals surface area (Å²) in [5.41, 5.74) is 7.34. The fraction of sp³-hybridized carbons (Fsp3) is 0.357. The Morgan fingerprint density at radius 1 is 0.567 bits per heavy atom. The first-order valence-corrected chi connectivity index (χ1v) is 10.6. The number of rotatable bonds is 2. The fourth-order valence-electron chi connectivity index (χ4n) is 4.00. The monoisotopic (exact) mass is 402 g/mol. The van der Waals surface area contributed by atoms with Crippen LogP contribution in [-0.4, -0.2) is 10.2 Å². The lowest BCUT2D eigenvalue weighted by Gasteiger charge is -2.24. The summed E-state index contributed by atoms with van der Waals surface area (Å²) in [6.45, 7) is 16.8. The molecule has 0 aromatic heterocycles. The number of phenols is 2.